The first-order valence-corrected chi connectivity index (χ1v) is 10.2. The Morgan fingerprint density at radius 2 is 1.73 bits per heavy atom. The first-order chi connectivity index (χ1) is 12.4. The van der Waals surface area contributed by atoms with Crippen LogP contribution in [0.3, 0.4) is 0 Å². The Morgan fingerprint density at radius 1 is 1.04 bits per heavy atom. The van der Waals surface area contributed by atoms with E-state index in [1.54, 1.807) is 53.4 Å². The van der Waals surface area contributed by atoms with E-state index in [0.717, 1.165) is 0 Å². The second kappa shape index (κ2) is 7.58. The van der Waals surface area contributed by atoms with Gasteiger partial charge in [-0.05, 0) is 36.4 Å². The van der Waals surface area contributed by atoms with E-state index in [4.69, 9.17) is 5.26 Å². The Hall–Kier alpha value is -2.21. The molecule has 2 aromatic carbocycles. The molecule has 1 aliphatic heterocycles. The van der Waals surface area contributed by atoms with Crippen LogP contribution in [0.25, 0.3) is 0 Å². The molecule has 3 rings (SSSR count). The number of carbonyl (C=O) groups excluding carboxylic acids is 1. The van der Waals surface area contributed by atoms with Crippen molar-refractivity contribution < 1.29 is 13.2 Å². The molecule has 0 N–H and O–H groups in total. The highest BCUT2D eigenvalue weighted by molar-refractivity contribution is 9.10. The lowest BCUT2D eigenvalue weighted by atomic mass is 10.1. The zero-order valence-electron chi connectivity index (χ0n) is 13.8. The van der Waals surface area contributed by atoms with Crippen molar-refractivity contribution in [3.8, 4) is 6.07 Å². The summed E-state index contributed by atoms with van der Waals surface area (Å²) >= 11 is 3.29. The van der Waals surface area contributed by atoms with Crippen molar-refractivity contribution in [3.63, 3.8) is 0 Å². The maximum atomic E-state index is 12.7. The molecule has 0 radical (unpaired) electrons. The highest BCUT2D eigenvalue weighted by Gasteiger charge is 2.30. The molecule has 1 heterocycles. The predicted octanol–water partition coefficient (Wildman–Crippen LogP) is 2.47. The van der Waals surface area contributed by atoms with Crippen LogP contribution in [0.1, 0.15) is 15.9 Å². The molecule has 2 aromatic rings. The number of sulfonamides is 1. The van der Waals surface area contributed by atoms with Gasteiger partial charge in [-0.25, -0.2) is 8.42 Å². The van der Waals surface area contributed by atoms with Gasteiger partial charge in [-0.2, -0.15) is 9.57 Å². The normalized spacial score (nSPS) is 15.5. The van der Waals surface area contributed by atoms with Crippen LogP contribution in [0.5, 0.6) is 0 Å². The Labute approximate surface area is 160 Å². The predicted molar refractivity (Wildman–Crippen MR) is 100.0 cm³/mol. The van der Waals surface area contributed by atoms with Gasteiger partial charge >= 0.3 is 0 Å². The van der Waals surface area contributed by atoms with Gasteiger partial charge in [0, 0.05) is 36.2 Å². The smallest absolute Gasteiger partial charge is 0.253 e. The molecule has 6 nitrogen and oxygen atoms in total. The molecule has 0 bridgehead atoms. The van der Waals surface area contributed by atoms with Crippen LogP contribution < -0.4 is 0 Å². The molecule has 26 heavy (non-hydrogen) atoms. The monoisotopic (exact) mass is 433 g/mol. The minimum Gasteiger partial charge on any atom is -0.336 e. The molecule has 0 atom stereocenters. The van der Waals surface area contributed by atoms with Crippen LogP contribution in [-0.2, 0) is 10.0 Å². The summed E-state index contributed by atoms with van der Waals surface area (Å²) in [6.45, 7) is 1.09. The van der Waals surface area contributed by atoms with Crippen molar-refractivity contribution >= 4 is 31.9 Å². The molecule has 8 heteroatoms. The molecule has 1 amide bonds. The van der Waals surface area contributed by atoms with E-state index in [2.05, 4.69) is 15.9 Å². The third kappa shape index (κ3) is 3.80. The average molecular weight is 434 g/mol. The summed E-state index contributed by atoms with van der Waals surface area (Å²) in [5, 5.41) is 8.95. The highest BCUT2D eigenvalue weighted by Crippen LogP contribution is 2.21. The van der Waals surface area contributed by atoms with Crippen LogP contribution in [-0.4, -0.2) is 49.7 Å². The zero-order chi connectivity index (χ0) is 18.7. The minimum atomic E-state index is -3.59. The van der Waals surface area contributed by atoms with Gasteiger partial charge in [-0.15, -0.1) is 0 Å². The van der Waals surface area contributed by atoms with Crippen molar-refractivity contribution in [3.05, 3.63) is 64.1 Å². The van der Waals surface area contributed by atoms with Crippen LogP contribution in [0, 0.1) is 11.3 Å². The SMILES string of the molecule is N#Cc1cccc(C(=O)N2CCN(S(=O)(=O)c3cccc(Br)c3)CC2)c1. The van der Waals surface area contributed by atoms with E-state index in [1.807, 2.05) is 6.07 Å². The van der Waals surface area contributed by atoms with E-state index in [9.17, 15) is 13.2 Å². The topological polar surface area (TPSA) is 81.5 Å². The van der Waals surface area contributed by atoms with Crippen LogP contribution in [0.2, 0.25) is 0 Å². The van der Waals surface area contributed by atoms with Crippen LogP contribution in [0.4, 0.5) is 0 Å². The summed E-state index contributed by atoms with van der Waals surface area (Å²) in [5.74, 6) is -0.193. The second-order valence-corrected chi connectivity index (χ2v) is 8.70. The van der Waals surface area contributed by atoms with E-state index >= 15 is 0 Å². The Balaban J connectivity index is 1.71. The first kappa shape index (κ1) is 18.6. The van der Waals surface area contributed by atoms with Crippen LogP contribution in [0.15, 0.2) is 57.9 Å². The quantitative estimate of drug-likeness (QED) is 0.744. The maximum Gasteiger partial charge on any atom is 0.253 e. The third-order valence-electron chi connectivity index (χ3n) is 4.20. The van der Waals surface area contributed by atoms with E-state index in [-0.39, 0.29) is 23.9 Å². The summed E-state index contributed by atoms with van der Waals surface area (Å²) in [4.78, 5) is 14.4. The number of halogens is 1. The molecular formula is C18H16BrN3O3S. The molecule has 134 valence electrons. The number of carbonyl (C=O) groups is 1. The van der Waals surface area contributed by atoms with Gasteiger partial charge in [-0.3, -0.25) is 4.79 Å². The lowest BCUT2D eigenvalue weighted by molar-refractivity contribution is 0.0698. The lowest BCUT2D eigenvalue weighted by Crippen LogP contribution is -2.50. The molecule has 1 aliphatic rings. The number of rotatable bonds is 3. The average Bonchev–Trinajstić information content (AvgIpc) is 2.67. The summed E-state index contributed by atoms with van der Waals surface area (Å²) in [6.07, 6.45) is 0. The van der Waals surface area contributed by atoms with Gasteiger partial charge in [0.15, 0.2) is 0 Å². The summed E-state index contributed by atoms with van der Waals surface area (Å²) in [7, 11) is -3.59. The van der Waals surface area contributed by atoms with Gasteiger partial charge in [0.2, 0.25) is 10.0 Å². The first-order valence-electron chi connectivity index (χ1n) is 7.97. The number of amides is 1. The number of nitriles is 1. The Morgan fingerprint density at radius 3 is 2.38 bits per heavy atom. The van der Waals surface area contributed by atoms with E-state index in [1.165, 1.54) is 4.31 Å². The molecular weight excluding hydrogens is 418 g/mol. The molecule has 0 spiro atoms. The second-order valence-electron chi connectivity index (χ2n) is 5.85. The number of piperazine rings is 1. The Bertz CT molecular complexity index is 977. The van der Waals surface area contributed by atoms with Gasteiger partial charge in [0.25, 0.3) is 5.91 Å². The number of benzene rings is 2. The maximum absolute atomic E-state index is 12.7. The third-order valence-corrected chi connectivity index (χ3v) is 6.59. The van der Waals surface area contributed by atoms with E-state index in [0.29, 0.717) is 28.7 Å². The fraction of sp³-hybridized carbons (Fsp3) is 0.222. The van der Waals surface area contributed by atoms with Gasteiger partial charge in [0.05, 0.1) is 16.5 Å². The fourth-order valence-electron chi connectivity index (χ4n) is 2.81. The summed E-state index contributed by atoms with van der Waals surface area (Å²) in [6, 6.07) is 15.1. The molecule has 0 aliphatic carbocycles. The molecule has 0 unspecified atom stereocenters. The summed E-state index contributed by atoms with van der Waals surface area (Å²) < 4.78 is 27.6. The van der Waals surface area contributed by atoms with Crippen molar-refractivity contribution in [2.75, 3.05) is 26.2 Å². The van der Waals surface area contributed by atoms with Crippen molar-refractivity contribution in [2.24, 2.45) is 0 Å². The lowest BCUT2D eigenvalue weighted by Gasteiger charge is -2.34. The largest absolute Gasteiger partial charge is 0.336 e. The van der Waals surface area contributed by atoms with Gasteiger partial charge in [0.1, 0.15) is 0 Å². The molecule has 0 aromatic heterocycles. The minimum absolute atomic E-state index is 0.193. The number of hydrogen-bond donors (Lipinski definition) is 0. The zero-order valence-corrected chi connectivity index (χ0v) is 16.2. The molecule has 1 fully saturated rings. The summed E-state index contributed by atoms with van der Waals surface area (Å²) in [5.41, 5.74) is 0.860. The fourth-order valence-corrected chi connectivity index (χ4v) is 4.83. The van der Waals surface area contributed by atoms with Gasteiger partial charge in [-0.1, -0.05) is 28.1 Å². The van der Waals surface area contributed by atoms with Crippen molar-refractivity contribution in [1.29, 1.82) is 5.26 Å². The molecule has 0 saturated carbocycles. The van der Waals surface area contributed by atoms with Gasteiger partial charge < -0.3 is 4.90 Å². The van der Waals surface area contributed by atoms with Crippen LogP contribution >= 0.6 is 15.9 Å². The van der Waals surface area contributed by atoms with Crippen molar-refractivity contribution in [2.45, 2.75) is 4.90 Å². The Kier molecular flexibility index (Phi) is 5.41. The van der Waals surface area contributed by atoms with E-state index < -0.39 is 10.0 Å². The highest BCUT2D eigenvalue weighted by atomic mass is 79.9. The number of nitrogens with zero attached hydrogens (tertiary/aromatic N) is 3. The van der Waals surface area contributed by atoms with Crippen molar-refractivity contribution in [1.82, 2.24) is 9.21 Å². The standard InChI is InChI=1S/C18H16BrN3O3S/c19-16-5-2-6-17(12-16)26(24,25)22-9-7-21(8-10-22)18(23)15-4-1-3-14(11-15)13-20/h1-6,11-12H,7-10H2. The number of hydrogen-bond acceptors (Lipinski definition) is 4. The molecule has 1 saturated heterocycles.